The van der Waals surface area contributed by atoms with Gasteiger partial charge in [0.2, 0.25) is 0 Å². The molecule has 0 aliphatic heterocycles. The van der Waals surface area contributed by atoms with Crippen molar-refractivity contribution in [1.82, 2.24) is 4.98 Å². The maximum atomic E-state index is 12.9. The summed E-state index contributed by atoms with van der Waals surface area (Å²) in [6.45, 7) is 4.22. The Kier molecular flexibility index (Phi) is 5.44. The molecule has 0 bridgehead atoms. The molecule has 3 N–H and O–H groups in total. The number of carbonyl (C=O) groups excluding carboxylic acids is 1. The number of aryl methyl sites for hydroxylation is 2. The van der Waals surface area contributed by atoms with Gasteiger partial charge in [0, 0.05) is 17.6 Å². The molecule has 154 valence electrons. The van der Waals surface area contributed by atoms with Gasteiger partial charge in [-0.1, -0.05) is 19.9 Å². The zero-order chi connectivity index (χ0) is 20.6. The van der Waals surface area contributed by atoms with Crippen molar-refractivity contribution in [2.24, 2.45) is 15.4 Å². The molecule has 2 aliphatic carbocycles. The molecule has 1 heterocycles. The monoisotopic (exact) mass is 412 g/mol. The summed E-state index contributed by atoms with van der Waals surface area (Å²) >= 11 is 0. The number of benzene rings is 1. The number of nitrogens with one attached hydrogen (secondary N) is 1. The summed E-state index contributed by atoms with van der Waals surface area (Å²) in [7, 11) is -3.35. The Hall–Kier alpha value is -2.25. The third-order valence-electron chi connectivity index (χ3n) is 5.68. The van der Waals surface area contributed by atoms with Crippen LogP contribution in [0.15, 0.2) is 33.7 Å². The first kappa shape index (κ1) is 20.0. The van der Waals surface area contributed by atoms with E-state index in [0.717, 1.165) is 56.3 Å². The third kappa shape index (κ3) is 4.21. The minimum atomic E-state index is -3.35. The van der Waals surface area contributed by atoms with Crippen LogP contribution in [-0.2, 0) is 42.0 Å². The summed E-state index contributed by atoms with van der Waals surface area (Å²) in [5.41, 5.74) is 6.83. The predicted molar refractivity (Wildman–Crippen MR) is 115 cm³/mol. The maximum Gasteiger partial charge on any atom is 0.354 e. The molecule has 2 aliphatic rings. The molecule has 0 radical (unpaired) electrons. The fourth-order valence-electron chi connectivity index (χ4n) is 4.40. The predicted octanol–water partition coefficient (Wildman–Crippen LogP) is 4.19. The van der Waals surface area contributed by atoms with Crippen LogP contribution in [0, 0.1) is 5.92 Å². The lowest BCUT2D eigenvalue weighted by Crippen LogP contribution is -2.19. The average Bonchev–Trinajstić information content (AvgIpc) is 3.30. The van der Waals surface area contributed by atoms with Gasteiger partial charge in [0.25, 0.3) is 0 Å². The largest absolute Gasteiger partial charge is 0.354 e. The number of fused-ring (bicyclic) bond motifs is 2. The zero-order valence-electron chi connectivity index (χ0n) is 17.0. The van der Waals surface area contributed by atoms with Crippen LogP contribution in [0.25, 0.3) is 0 Å². The molecule has 0 spiro atoms. The van der Waals surface area contributed by atoms with Crippen molar-refractivity contribution in [3.05, 3.63) is 52.3 Å². The molecule has 4 rings (SSSR count). The highest BCUT2D eigenvalue weighted by Gasteiger charge is 2.25. The van der Waals surface area contributed by atoms with E-state index < -0.39 is 15.9 Å². The van der Waals surface area contributed by atoms with Gasteiger partial charge in [-0.15, -0.1) is 4.36 Å². The smallest absolute Gasteiger partial charge is 0.305 e. The average molecular weight is 413 g/mol. The fraction of sp³-hybridized carbons (Fsp3) is 0.455. The Balaban J connectivity index is 1.59. The van der Waals surface area contributed by atoms with Crippen LogP contribution in [-0.4, -0.2) is 15.2 Å². The molecule has 7 heteroatoms. The first-order chi connectivity index (χ1) is 13.8. The van der Waals surface area contributed by atoms with Gasteiger partial charge in [0.05, 0.1) is 4.90 Å². The van der Waals surface area contributed by atoms with Crippen LogP contribution in [0.1, 0.15) is 54.6 Å². The normalized spacial score (nSPS) is 17.0. The zero-order valence-corrected chi connectivity index (χ0v) is 17.8. The summed E-state index contributed by atoms with van der Waals surface area (Å²) in [5.74, 6) is 0.473. The molecule has 0 saturated carbocycles. The molecule has 6 nitrogen and oxygen atoms in total. The molecule has 29 heavy (non-hydrogen) atoms. The lowest BCUT2D eigenvalue weighted by atomic mass is 9.99. The number of nitrogens with zero attached hydrogens (tertiary/aromatic N) is 2. The fourth-order valence-corrected chi connectivity index (χ4v) is 5.26. The van der Waals surface area contributed by atoms with E-state index in [4.69, 9.17) is 5.14 Å². The van der Waals surface area contributed by atoms with Gasteiger partial charge in [-0.05, 0) is 85.3 Å². The number of amides is 2. The first-order valence-corrected chi connectivity index (χ1v) is 11.9. The van der Waals surface area contributed by atoms with Crippen molar-refractivity contribution < 1.29 is 9.00 Å². The van der Waals surface area contributed by atoms with Crippen LogP contribution in [0.4, 0.5) is 10.5 Å². The van der Waals surface area contributed by atoms with Crippen molar-refractivity contribution >= 4 is 21.6 Å². The Labute approximate surface area is 172 Å². The van der Waals surface area contributed by atoms with Gasteiger partial charge in [-0.25, -0.2) is 14.1 Å². The second-order valence-electron chi connectivity index (χ2n) is 8.41. The number of urea groups is 1. The van der Waals surface area contributed by atoms with E-state index in [9.17, 15) is 9.00 Å². The number of nitrogens with two attached hydrogens (primary N) is 1. The van der Waals surface area contributed by atoms with Crippen molar-refractivity contribution in [3.8, 4) is 0 Å². The SMILES string of the molecule is CC(C)Cc1ccc(S(N)(=O)=NC(=O)Nc2c3c(cc4c2CCC4)CCC3)cn1. The van der Waals surface area contributed by atoms with Crippen molar-refractivity contribution in [1.29, 1.82) is 0 Å². The van der Waals surface area contributed by atoms with Gasteiger partial charge in [0.1, 0.15) is 9.92 Å². The van der Waals surface area contributed by atoms with E-state index in [-0.39, 0.29) is 4.90 Å². The van der Waals surface area contributed by atoms with Crippen LogP contribution in [0.5, 0.6) is 0 Å². The van der Waals surface area contributed by atoms with Gasteiger partial charge >= 0.3 is 6.03 Å². The molecule has 1 atom stereocenters. The van der Waals surface area contributed by atoms with Gasteiger partial charge in [0.15, 0.2) is 0 Å². The highest BCUT2D eigenvalue weighted by atomic mass is 32.2. The molecule has 0 fully saturated rings. The lowest BCUT2D eigenvalue weighted by Gasteiger charge is -2.15. The molecule has 2 aromatic rings. The number of aromatic nitrogens is 1. The minimum absolute atomic E-state index is 0.267. The number of anilines is 1. The van der Waals surface area contributed by atoms with Gasteiger partial charge in [-0.2, -0.15) is 0 Å². The third-order valence-corrected chi connectivity index (χ3v) is 7.03. The number of carbonyl (C=O) groups is 1. The van der Waals surface area contributed by atoms with E-state index in [2.05, 4.69) is 34.6 Å². The summed E-state index contributed by atoms with van der Waals surface area (Å²) in [5, 5.41) is 8.85. The van der Waals surface area contributed by atoms with E-state index in [1.807, 2.05) is 0 Å². The number of rotatable bonds is 4. The molecule has 1 unspecified atom stereocenters. The molecule has 1 aromatic heterocycles. The summed E-state index contributed by atoms with van der Waals surface area (Å²) in [4.78, 5) is 17.2. The van der Waals surface area contributed by atoms with E-state index in [1.54, 1.807) is 12.1 Å². The van der Waals surface area contributed by atoms with Crippen LogP contribution in [0.2, 0.25) is 0 Å². The number of hydrogen-bond donors (Lipinski definition) is 2. The van der Waals surface area contributed by atoms with E-state index in [0.29, 0.717) is 5.92 Å². The molecule has 0 saturated heterocycles. The highest BCUT2D eigenvalue weighted by molar-refractivity contribution is 7.91. The Morgan fingerprint density at radius 2 is 1.83 bits per heavy atom. The highest BCUT2D eigenvalue weighted by Crippen LogP contribution is 2.38. The van der Waals surface area contributed by atoms with Gasteiger partial charge in [-0.3, -0.25) is 4.98 Å². The first-order valence-electron chi connectivity index (χ1n) is 10.3. The van der Waals surface area contributed by atoms with Crippen molar-refractivity contribution in [2.75, 3.05) is 5.32 Å². The lowest BCUT2D eigenvalue weighted by molar-refractivity contribution is 0.260. The van der Waals surface area contributed by atoms with Crippen LogP contribution >= 0.6 is 0 Å². The number of hydrogen-bond acceptors (Lipinski definition) is 3. The Bertz CT molecular complexity index is 1030. The molecule has 2 amide bonds. The summed E-state index contributed by atoms with van der Waals surface area (Å²) in [6, 6.07) is 5.10. The number of pyridine rings is 1. The topological polar surface area (TPSA) is 97.4 Å². The second kappa shape index (κ2) is 7.88. The van der Waals surface area contributed by atoms with E-state index in [1.165, 1.54) is 28.5 Å². The van der Waals surface area contributed by atoms with Crippen molar-refractivity contribution in [3.63, 3.8) is 0 Å². The second-order valence-corrected chi connectivity index (χ2v) is 10.2. The summed E-state index contributed by atoms with van der Waals surface area (Å²) in [6.07, 6.45) is 8.49. The van der Waals surface area contributed by atoms with Crippen LogP contribution in [0.3, 0.4) is 0 Å². The minimum Gasteiger partial charge on any atom is -0.305 e. The summed E-state index contributed by atoms with van der Waals surface area (Å²) < 4.78 is 16.7. The maximum absolute atomic E-state index is 12.9. The van der Waals surface area contributed by atoms with Gasteiger partial charge < -0.3 is 5.32 Å². The molecular weight excluding hydrogens is 384 g/mol. The standard InChI is InChI=1S/C22H28N4O2S/c1-14(2)11-17-9-10-18(13-24-17)29(23,28)26-22(27)25-21-19-7-3-5-15(19)12-16-6-4-8-20(16)21/h9-10,12-14H,3-8,11H2,1-2H3,(H3,23,25,26,27,28). The molecular formula is C22H28N4O2S. The quantitative estimate of drug-likeness (QED) is 0.788. The van der Waals surface area contributed by atoms with E-state index >= 15 is 0 Å². The van der Waals surface area contributed by atoms with Crippen molar-refractivity contribution in [2.45, 2.75) is 63.7 Å². The van der Waals surface area contributed by atoms with Crippen LogP contribution < -0.4 is 10.5 Å². The Morgan fingerprint density at radius 1 is 1.17 bits per heavy atom. The molecule has 1 aromatic carbocycles. The Morgan fingerprint density at radius 3 is 2.38 bits per heavy atom.